The number of ether oxygens (including phenoxy) is 2. The van der Waals surface area contributed by atoms with E-state index in [0.717, 1.165) is 6.07 Å². The normalized spacial score (nSPS) is 10.1. The van der Waals surface area contributed by atoms with Crippen molar-refractivity contribution in [1.29, 1.82) is 0 Å². The first-order valence-corrected chi connectivity index (χ1v) is 9.18. The van der Waals surface area contributed by atoms with Crippen molar-refractivity contribution in [3.63, 3.8) is 0 Å². The van der Waals surface area contributed by atoms with Crippen molar-refractivity contribution in [2.24, 2.45) is 0 Å². The largest absolute Gasteiger partial charge is 0.495 e. The lowest BCUT2D eigenvalue weighted by Crippen LogP contribution is -2.21. The molecule has 0 aliphatic heterocycles. The van der Waals surface area contributed by atoms with Gasteiger partial charge in [0.2, 0.25) is 0 Å². The Kier molecular flexibility index (Phi) is 6.79. The summed E-state index contributed by atoms with van der Waals surface area (Å²) in [5.41, 5.74) is 0.973. The molecule has 0 aliphatic rings. The molecule has 2 N–H and O–H groups in total. The fourth-order valence-electron chi connectivity index (χ4n) is 2.74. The van der Waals surface area contributed by atoms with Crippen molar-refractivity contribution in [3.8, 4) is 5.75 Å². The van der Waals surface area contributed by atoms with Crippen LogP contribution in [0.2, 0.25) is 0 Å². The van der Waals surface area contributed by atoms with Crippen LogP contribution in [0.1, 0.15) is 10.4 Å². The van der Waals surface area contributed by atoms with E-state index in [0.29, 0.717) is 17.1 Å². The average Bonchev–Trinajstić information content (AvgIpc) is 2.78. The zero-order valence-electron chi connectivity index (χ0n) is 16.5. The van der Waals surface area contributed by atoms with Crippen LogP contribution in [0.4, 0.5) is 22.7 Å². The number of benzene rings is 3. The predicted molar refractivity (Wildman–Crippen MR) is 115 cm³/mol. The predicted octanol–water partition coefficient (Wildman–Crippen LogP) is 4.14. The molecule has 3 aromatic carbocycles. The van der Waals surface area contributed by atoms with E-state index in [1.165, 1.54) is 19.2 Å². The number of nitrogens with one attached hydrogen (secondary N) is 2. The average molecular weight is 421 g/mol. The van der Waals surface area contributed by atoms with E-state index in [9.17, 15) is 19.7 Å². The molecule has 0 aliphatic carbocycles. The van der Waals surface area contributed by atoms with Crippen molar-refractivity contribution in [2.75, 3.05) is 24.4 Å². The van der Waals surface area contributed by atoms with Crippen LogP contribution in [-0.2, 0) is 9.53 Å². The van der Waals surface area contributed by atoms with Crippen molar-refractivity contribution in [2.45, 2.75) is 0 Å². The standard InChI is InChI=1S/C22H19N3O6/c1-30-20-10-6-5-9-18(20)24-21(26)14-31-22(27)15-11-12-17(19(13-15)25(28)29)23-16-7-3-2-4-8-16/h2-13,23H,14H2,1H3,(H,24,26). The molecule has 3 rings (SSSR count). The number of hydrogen-bond acceptors (Lipinski definition) is 7. The zero-order chi connectivity index (χ0) is 22.2. The number of para-hydroxylation sites is 3. The molecule has 0 fully saturated rings. The molecule has 158 valence electrons. The summed E-state index contributed by atoms with van der Waals surface area (Å²) in [6, 6.07) is 19.6. The van der Waals surface area contributed by atoms with Crippen molar-refractivity contribution >= 4 is 34.6 Å². The van der Waals surface area contributed by atoms with Gasteiger partial charge >= 0.3 is 5.97 Å². The van der Waals surface area contributed by atoms with Gasteiger partial charge in [-0.15, -0.1) is 0 Å². The number of nitro benzene ring substituents is 1. The van der Waals surface area contributed by atoms with E-state index in [-0.39, 0.29) is 16.9 Å². The Morgan fingerprint density at radius 1 is 0.968 bits per heavy atom. The fourth-order valence-corrected chi connectivity index (χ4v) is 2.74. The van der Waals surface area contributed by atoms with Crippen molar-refractivity contribution < 1.29 is 24.0 Å². The summed E-state index contributed by atoms with van der Waals surface area (Å²) in [5.74, 6) is -0.974. The zero-order valence-corrected chi connectivity index (χ0v) is 16.5. The topological polar surface area (TPSA) is 120 Å². The van der Waals surface area contributed by atoms with Gasteiger partial charge in [-0.25, -0.2) is 4.79 Å². The van der Waals surface area contributed by atoms with E-state index in [1.807, 2.05) is 6.07 Å². The van der Waals surface area contributed by atoms with Crippen LogP contribution in [0.5, 0.6) is 5.75 Å². The fraction of sp³-hybridized carbons (Fsp3) is 0.0909. The second-order valence-corrected chi connectivity index (χ2v) is 6.30. The Morgan fingerprint density at radius 2 is 1.68 bits per heavy atom. The molecule has 0 heterocycles. The molecule has 0 saturated carbocycles. The third-order valence-electron chi connectivity index (χ3n) is 4.20. The highest BCUT2D eigenvalue weighted by Crippen LogP contribution is 2.29. The minimum absolute atomic E-state index is 0.0459. The molecule has 0 atom stereocenters. The number of nitro groups is 1. The maximum absolute atomic E-state index is 12.3. The summed E-state index contributed by atoms with van der Waals surface area (Å²) in [5, 5.41) is 17.0. The highest BCUT2D eigenvalue weighted by Gasteiger charge is 2.19. The van der Waals surface area contributed by atoms with Crippen LogP contribution in [-0.4, -0.2) is 30.5 Å². The molecule has 0 bridgehead atoms. The number of methoxy groups -OCH3 is 1. The third-order valence-corrected chi connectivity index (χ3v) is 4.20. The number of anilines is 3. The summed E-state index contributed by atoms with van der Waals surface area (Å²) in [7, 11) is 1.47. The van der Waals surface area contributed by atoms with Crippen LogP contribution in [0, 0.1) is 10.1 Å². The Bertz CT molecular complexity index is 1100. The summed E-state index contributed by atoms with van der Waals surface area (Å²) in [4.78, 5) is 35.2. The molecule has 0 saturated heterocycles. The molecule has 31 heavy (non-hydrogen) atoms. The summed E-state index contributed by atoms with van der Waals surface area (Å²) >= 11 is 0. The number of carbonyl (C=O) groups is 2. The highest BCUT2D eigenvalue weighted by atomic mass is 16.6. The number of rotatable bonds is 8. The maximum Gasteiger partial charge on any atom is 0.338 e. The number of hydrogen-bond donors (Lipinski definition) is 2. The van der Waals surface area contributed by atoms with Gasteiger partial charge in [-0.3, -0.25) is 14.9 Å². The van der Waals surface area contributed by atoms with Gasteiger partial charge in [-0.1, -0.05) is 30.3 Å². The van der Waals surface area contributed by atoms with E-state index in [2.05, 4.69) is 10.6 Å². The smallest absolute Gasteiger partial charge is 0.338 e. The number of nitrogens with zero attached hydrogens (tertiary/aromatic N) is 1. The van der Waals surface area contributed by atoms with Gasteiger partial charge in [0.1, 0.15) is 11.4 Å². The van der Waals surface area contributed by atoms with Crippen LogP contribution >= 0.6 is 0 Å². The molecule has 3 aromatic rings. The van der Waals surface area contributed by atoms with Gasteiger partial charge < -0.3 is 20.1 Å². The van der Waals surface area contributed by atoms with Gasteiger partial charge in [0, 0.05) is 11.8 Å². The van der Waals surface area contributed by atoms with Crippen LogP contribution in [0.3, 0.4) is 0 Å². The minimum Gasteiger partial charge on any atom is -0.495 e. The van der Waals surface area contributed by atoms with E-state index in [4.69, 9.17) is 9.47 Å². The van der Waals surface area contributed by atoms with Gasteiger partial charge in [-0.05, 0) is 36.4 Å². The van der Waals surface area contributed by atoms with E-state index < -0.39 is 23.4 Å². The number of carbonyl (C=O) groups excluding carboxylic acids is 2. The van der Waals surface area contributed by atoms with Gasteiger partial charge in [0.05, 0.1) is 23.3 Å². The minimum atomic E-state index is -0.857. The first kappa shape index (κ1) is 21.3. The summed E-state index contributed by atoms with van der Waals surface area (Å²) in [6.45, 7) is -0.561. The number of amides is 1. The highest BCUT2D eigenvalue weighted by molar-refractivity contribution is 5.97. The molecule has 0 radical (unpaired) electrons. The first-order valence-electron chi connectivity index (χ1n) is 9.18. The third kappa shape index (κ3) is 5.57. The Hall–Kier alpha value is -4.40. The first-order chi connectivity index (χ1) is 15.0. The SMILES string of the molecule is COc1ccccc1NC(=O)COC(=O)c1ccc(Nc2ccccc2)c([N+](=O)[O-])c1. The Balaban J connectivity index is 1.66. The van der Waals surface area contributed by atoms with Gasteiger partial charge in [0.15, 0.2) is 6.61 Å². The summed E-state index contributed by atoms with van der Waals surface area (Å²) < 4.78 is 10.1. The molecule has 1 amide bonds. The van der Waals surface area contributed by atoms with Crippen LogP contribution in [0.25, 0.3) is 0 Å². The van der Waals surface area contributed by atoms with Gasteiger partial charge in [-0.2, -0.15) is 0 Å². The lowest BCUT2D eigenvalue weighted by molar-refractivity contribution is -0.383. The lowest BCUT2D eigenvalue weighted by atomic mass is 10.1. The van der Waals surface area contributed by atoms with Crippen molar-refractivity contribution in [3.05, 3.63) is 88.5 Å². The van der Waals surface area contributed by atoms with Crippen LogP contribution in [0.15, 0.2) is 72.8 Å². The second-order valence-electron chi connectivity index (χ2n) is 6.30. The summed E-state index contributed by atoms with van der Waals surface area (Å²) in [6.07, 6.45) is 0. The number of esters is 1. The molecule has 0 unspecified atom stereocenters. The molecule has 9 heteroatoms. The monoisotopic (exact) mass is 421 g/mol. The Morgan fingerprint density at radius 3 is 2.39 bits per heavy atom. The molecule has 9 nitrogen and oxygen atoms in total. The molecular formula is C22H19N3O6. The van der Waals surface area contributed by atoms with Crippen LogP contribution < -0.4 is 15.4 Å². The van der Waals surface area contributed by atoms with Gasteiger partial charge in [0.25, 0.3) is 11.6 Å². The lowest BCUT2D eigenvalue weighted by Gasteiger charge is -2.11. The van der Waals surface area contributed by atoms with E-state index in [1.54, 1.807) is 48.5 Å². The molecule has 0 spiro atoms. The van der Waals surface area contributed by atoms with Crippen molar-refractivity contribution in [1.82, 2.24) is 0 Å². The second kappa shape index (κ2) is 9.88. The molecule has 0 aromatic heterocycles. The maximum atomic E-state index is 12.3. The molecular weight excluding hydrogens is 402 g/mol. The quantitative estimate of drug-likeness (QED) is 0.319. The Labute approximate surface area is 177 Å². The van der Waals surface area contributed by atoms with E-state index >= 15 is 0 Å².